The summed E-state index contributed by atoms with van der Waals surface area (Å²) in [5, 5.41) is 9.18. The van der Waals surface area contributed by atoms with Crippen LogP contribution in [-0.4, -0.2) is 57.6 Å². The highest BCUT2D eigenvalue weighted by Gasteiger charge is 2.24. The van der Waals surface area contributed by atoms with Crippen molar-refractivity contribution in [3.05, 3.63) is 36.2 Å². The van der Waals surface area contributed by atoms with Crippen molar-refractivity contribution in [2.75, 3.05) is 42.7 Å². The van der Waals surface area contributed by atoms with Crippen molar-refractivity contribution < 1.29 is 4.79 Å². The van der Waals surface area contributed by atoms with E-state index >= 15 is 0 Å². The number of thioether (sulfide) groups is 1. The molecule has 0 radical (unpaired) electrons. The molecule has 2 fully saturated rings. The Kier molecular flexibility index (Phi) is 6.04. The number of para-hydroxylation sites is 1. The third kappa shape index (κ3) is 4.27. The molecule has 0 spiro atoms. The summed E-state index contributed by atoms with van der Waals surface area (Å²) in [6.45, 7) is 3.21. The molecule has 8 heteroatoms. The minimum Gasteiger partial charge on any atom is -0.368 e. The van der Waals surface area contributed by atoms with Gasteiger partial charge in [0.1, 0.15) is 0 Å². The van der Waals surface area contributed by atoms with Gasteiger partial charge in [-0.25, -0.2) is 4.68 Å². The van der Waals surface area contributed by atoms with Crippen LogP contribution in [0, 0.1) is 0 Å². The predicted molar refractivity (Wildman–Crippen MR) is 112 cm³/mol. The zero-order valence-corrected chi connectivity index (χ0v) is 17.0. The zero-order valence-electron chi connectivity index (χ0n) is 16.2. The Morgan fingerprint density at radius 2 is 1.75 bits per heavy atom. The molecule has 1 saturated heterocycles. The molecule has 2 aliphatic rings. The van der Waals surface area contributed by atoms with Gasteiger partial charge in [-0.1, -0.05) is 49.2 Å². The summed E-state index contributed by atoms with van der Waals surface area (Å²) >= 11 is 1.39. The van der Waals surface area contributed by atoms with Gasteiger partial charge in [0.2, 0.25) is 11.1 Å². The van der Waals surface area contributed by atoms with Crippen LogP contribution in [0.25, 0.3) is 0 Å². The van der Waals surface area contributed by atoms with Gasteiger partial charge in [0.05, 0.1) is 5.75 Å². The molecule has 1 aliphatic heterocycles. The highest BCUT2D eigenvalue weighted by Crippen LogP contribution is 2.32. The summed E-state index contributed by atoms with van der Waals surface area (Å²) in [7, 11) is 0. The number of aromatic nitrogens is 3. The van der Waals surface area contributed by atoms with Crippen LogP contribution in [0.2, 0.25) is 0 Å². The summed E-state index contributed by atoms with van der Waals surface area (Å²) < 4.78 is 1.60. The van der Waals surface area contributed by atoms with Crippen LogP contribution in [0.5, 0.6) is 0 Å². The van der Waals surface area contributed by atoms with Crippen molar-refractivity contribution in [1.29, 1.82) is 0 Å². The summed E-state index contributed by atoms with van der Waals surface area (Å²) in [6, 6.07) is 10.4. The Balaban J connectivity index is 1.28. The quantitative estimate of drug-likeness (QED) is 0.613. The molecule has 0 unspecified atom stereocenters. The molecule has 2 N–H and O–H groups in total. The summed E-state index contributed by atoms with van der Waals surface area (Å²) in [4.78, 5) is 16.9. The lowest BCUT2D eigenvalue weighted by Crippen LogP contribution is -2.49. The van der Waals surface area contributed by atoms with Crippen LogP contribution in [0.4, 0.5) is 5.69 Å². The van der Waals surface area contributed by atoms with Crippen molar-refractivity contribution >= 4 is 23.4 Å². The first-order chi connectivity index (χ1) is 13.7. The average Bonchev–Trinajstić information content (AvgIpc) is 3.13. The molecule has 2 aromatic rings. The van der Waals surface area contributed by atoms with Gasteiger partial charge in [-0.3, -0.25) is 4.79 Å². The number of benzene rings is 1. The molecule has 1 saturated carbocycles. The van der Waals surface area contributed by atoms with E-state index in [0.29, 0.717) is 16.8 Å². The van der Waals surface area contributed by atoms with E-state index in [9.17, 15) is 4.79 Å². The smallest absolute Gasteiger partial charge is 0.233 e. The normalized spacial score (nSPS) is 18.4. The van der Waals surface area contributed by atoms with Gasteiger partial charge in [0.15, 0.2) is 5.82 Å². The van der Waals surface area contributed by atoms with Crippen LogP contribution in [0.3, 0.4) is 0 Å². The molecule has 1 aromatic carbocycles. The van der Waals surface area contributed by atoms with Crippen molar-refractivity contribution in [2.24, 2.45) is 0 Å². The Bertz CT molecular complexity index is 781. The fraction of sp³-hybridized carbons (Fsp3) is 0.550. The highest BCUT2D eigenvalue weighted by atomic mass is 32.2. The number of amides is 1. The lowest BCUT2D eigenvalue weighted by molar-refractivity contribution is -0.128. The van der Waals surface area contributed by atoms with Crippen molar-refractivity contribution in [2.45, 2.75) is 43.2 Å². The van der Waals surface area contributed by atoms with Gasteiger partial charge >= 0.3 is 0 Å². The van der Waals surface area contributed by atoms with E-state index in [1.54, 1.807) is 4.68 Å². The molecule has 7 nitrogen and oxygen atoms in total. The Hall–Kier alpha value is -2.22. The number of hydrogen-bond acceptors (Lipinski definition) is 6. The molecule has 1 amide bonds. The number of anilines is 1. The van der Waals surface area contributed by atoms with E-state index < -0.39 is 0 Å². The summed E-state index contributed by atoms with van der Waals surface area (Å²) in [5.74, 6) is 7.98. The molecule has 0 atom stereocenters. The molecule has 0 bridgehead atoms. The van der Waals surface area contributed by atoms with Crippen molar-refractivity contribution in [3.63, 3.8) is 0 Å². The van der Waals surface area contributed by atoms with Gasteiger partial charge in [0, 0.05) is 37.8 Å². The first-order valence-corrected chi connectivity index (χ1v) is 11.1. The van der Waals surface area contributed by atoms with Gasteiger partial charge in [-0.15, -0.1) is 10.2 Å². The second-order valence-electron chi connectivity index (χ2n) is 7.54. The molecular weight excluding hydrogens is 372 g/mol. The second kappa shape index (κ2) is 8.86. The van der Waals surface area contributed by atoms with Crippen LogP contribution in [0.15, 0.2) is 35.5 Å². The monoisotopic (exact) mass is 400 g/mol. The lowest BCUT2D eigenvalue weighted by Gasteiger charge is -2.36. The maximum absolute atomic E-state index is 12.6. The minimum absolute atomic E-state index is 0.139. The van der Waals surface area contributed by atoms with Gasteiger partial charge in [-0.05, 0) is 25.0 Å². The first-order valence-electron chi connectivity index (χ1n) is 10.1. The molecular formula is C20H28N6OS. The highest BCUT2D eigenvalue weighted by molar-refractivity contribution is 7.99. The van der Waals surface area contributed by atoms with Crippen molar-refractivity contribution in [1.82, 2.24) is 19.8 Å². The molecule has 2 heterocycles. The van der Waals surface area contributed by atoms with Crippen LogP contribution in [-0.2, 0) is 4.79 Å². The number of carbonyl (C=O) groups is 1. The average molecular weight is 401 g/mol. The van der Waals surface area contributed by atoms with E-state index in [1.807, 2.05) is 23.1 Å². The van der Waals surface area contributed by atoms with E-state index in [-0.39, 0.29) is 5.91 Å². The third-order valence-electron chi connectivity index (χ3n) is 5.74. The van der Waals surface area contributed by atoms with Gasteiger partial charge < -0.3 is 15.6 Å². The third-order valence-corrected chi connectivity index (χ3v) is 6.67. The molecule has 1 aromatic heterocycles. The Labute approximate surface area is 170 Å². The van der Waals surface area contributed by atoms with E-state index in [1.165, 1.54) is 36.7 Å². The lowest BCUT2D eigenvalue weighted by atomic mass is 9.89. The minimum atomic E-state index is 0.139. The number of hydrogen-bond donors (Lipinski definition) is 1. The summed E-state index contributed by atoms with van der Waals surface area (Å²) in [5.41, 5.74) is 1.22. The Morgan fingerprint density at radius 1 is 1.04 bits per heavy atom. The molecule has 28 heavy (non-hydrogen) atoms. The standard InChI is InChI=1S/C20H28N6OS/c21-26-19(16-7-3-1-4-8-16)22-23-20(26)28-15-18(27)25-13-11-24(12-14-25)17-9-5-2-6-10-17/h2,5-6,9-10,16H,1,3-4,7-8,11-15,21H2. The zero-order chi connectivity index (χ0) is 19.3. The van der Waals surface area contributed by atoms with Gasteiger partial charge in [0.25, 0.3) is 0 Å². The Morgan fingerprint density at radius 3 is 2.46 bits per heavy atom. The number of nitrogen functional groups attached to an aromatic ring is 1. The number of rotatable bonds is 5. The number of piperazine rings is 1. The summed E-state index contributed by atoms with van der Waals surface area (Å²) in [6.07, 6.45) is 6.01. The van der Waals surface area contributed by atoms with Gasteiger partial charge in [-0.2, -0.15) is 0 Å². The first kappa shape index (κ1) is 19.1. The van der Waals surface area contributed by atoms with Crippen LogP contribution < -0.4 is 10.7 Å². The largest absolute Gasteiger partial charge is 0.368 e. The second-order valence-corrected chi connectivity index (χ2v) is 8.48. The fourth-order valence-corrected chi connectivity index (χ4v) is 4.86. The maximum atomic E-state index is 12.6. The van der Waals surface area contributed by atoms with E-state index in [0.717, 1.165) is 44.8 Å². The number of nitrogens with zero attached hydrogens (tertiary/aromatic N) is 5. The SMILES string of the molecule is Nn1c(SCC(=O)N2CCN(c3ccccc3)CC2)nnc1C1CCCCC1. The molecule has 1 aliphatic carbocycles. The molecule has 4 rings (SSSR count). The maximum Gasteiger partial charge on any atom is 0.233 e. The van der Waals surface area contributed by atoms with E-state index in [4.69, 9.17) is 5.84 Å². The van der Waals surface area contributed by atoms with Crippen molar-refractivity contribution in [3.8, 4) is 0 Å². The number of carbonyl (C=O) groups excluding carboxylic acids is 1. The van der Waals surface area contributed by atoms with E-state index in [2.05, 4.69) is 27.2 Å². The number of nitrogens with two attached hydrogens (primary N) is 1. The van der Waals surface area contributed by atoms with Crippen LogP contribution in [0.1, 0.15) is 43.8 Å². The topological polar surface area (TPSA) is 80.3 Å². The fourth-order valence-electron chi connectivity index (χ4n) is 4.10. The predicted octanol–water partition coefficient (Wildman–Crippen LogP) is 2.48. The molecule has 150 valence electrons. The van der Waals surface area contributed by atoms with Crippen LogP contribution >= 0.6 is 11.8 Å².